The molecule has 0 aliphatic carbocycles. The van der Waals surface area contributed by atoms with Gasteiger partial charge in [-0.2, -0.15) is 8.42 Å². The maximum atomic E-state index is 10.9. The third-order valence-corrected chi connectivity index (χ3v) is 3.41. The second-order valence-electron chi connectivity index (χ2n) is 4.20. The largest absolute Gasteiger partial charge is 0.496 e. The standard InChI is InChI=1S/C13H20O5S/c1-10-11(6-5-9-18-19(4,14)15)13(17-3)8-7-12(10)16-2/h7-8H,5-6,9H2,1-4H3. The van der Waals surface area contributed by atoms with Crippen LogP contribution in [0.5, 0.6) is 11.5 Å². The van der Waals surface area contributed by atoms with Crippen LogP contribution in [0, 0.1) is 6.92 Å². The summed E-state index contributed by atoms with van der Waals surface area (Å²) in [4.78, 5) is 0. The van der Waals surface area contributed by atoms with Crippen molar-refractivity contribution in [3.8, 4) is 11.5 Å². The fourth-order valence-corrected chi connectivity index (χ4v) is 2.31. The summed E-state index contributed by atoms with van der Waals surface area (Å²) < 4.78 is 37.0. The van der Waals surface area contributed by atoms with Crippen LogP contribution >= 0.6 is 0 Å². The normalized spacial score (nSPS) is 11.4. The summed E-state index contributed by atoms with van der Waals surface area (Å²) in [6.45, 7) is 2.12. The van der Waals surface area contributed by atoms with Crippen molar-refractivity contribution in [3.63, 3.8) is 0 Å². The molecule has 0 aliphatic heterocycles. The van der Waals surface area contributed by atoms with E-state index in [0.717, 1.165) is 28.9 Å². The molecule has 0 spiro atoms. The lowest BCUT2D eigenvalue weighted by Gasteiger charge is -2.14. The van der Waals surface area contributed by atoms with Gasteiger partial charge < -0.3 is 9.47 Å². The van der Waals surface area contributed by atoms with Crippen molar-refractivity contribution in [3.05, 3.63) is 23.3 Å². The van der Waals surface area contributed by atoms with Crippen LogP contribution in [0.15, 0.2) is 12.1 Å². The number of methoxy groups -OCH3 is 2. The van der Waals surface area contributed by atoms with Crippen molar-refractivity contribution in [2.75, 3.05) is 27.1 Å². The molecule has 1 aromatic carbocycles. The van der Waals surface area contributed by atoms with Gasteiger partial charge in [-0.15, -0.1) is 0 Å². The summed E-state index contributed by atoms with van der Waals surface area (Å²) in [5.74, 6) is 1.57. The van der Waals surface area contributed by atoms with Crippen LogP contribution in [0.25, 0.3) is 0 Å². The number of hydrogen-bond acceptors (Lipinski definition) is 5. The molecule has 0 saturated carbocycles. The van der Waals surface area contributed by atoms with Crippen LogP contribution < -0.4 is 9.47 Å². The van der Waals surface area contributed by atoms with E-state index in [9.17, 15) is 8.42 Å². The highest BCUT2D eigenvalue weighted by atomic mass is 32.2. The molecule has 5 nitrogen and oxygen atoms in total. The van der Waals surface area contributed by atoms with E-state index in [2.05, 4.69) is 0 Å². The van der Waals surface area contributed by atoms with Crippen molar-refractivity contribution in [2.45, 2.75) is 19.8 Å². The zero-order chi connectivity index (χ0) is 14.5. The first-order valence-corrected chi connectivity index (χ1v) is 7.75. The summed E-state index contributed by atoms with van der Waals surface area (Å²) in [5.41, 5.74) is 2.01. The predicted molar refractivity (Wildman–Crippen MR) is 73.4 cm³/mol. The van der Waals surface area contributed by atoms with Crippen molar-refractivity contribution in [2.24, 2.45) is 0 Å². The van der Waals surface area contributed by atoms with Gasteiger partial charge in [0.1, 0.15) is 11.5 Å². The molecular weight excluding hydrogens is 268 g/mol. The average molecular weight is 288 g/mol. The SMILES string of the molecule is COc1ccc(OC)c(CCCOS(C)(=O)=O)c1C. The second-order valence-corrected chi connectivity index (χ2v) is 5.85. The van der Waals surface area contributed by atoms with Gasteiger partial charge >= 0.3 is 0 Å². The smallest absolute Gasteiger partial charge is 0.264 e. The molecule has 0 N–H and O–H groups in total. The lowest BCUT2D eigenvalue weighted by molar-refractivity contribution is 0.314. The third-order valence-electron chi connectivity index (χ3n) is 2.81. The quantitative estimate of drug-likeness (QED) is 0.566. The number of benzene rings is 1. The summed E-state index contributed by atoms with van der Waals surface area (Å²) >= 11 is 0. The molecular formula is C13H20O5S. The molecule has 0 aromatic heterocycles. The highest BCUT2D eigenvalue weighted by Gasteiger charge is 2.11. The minimum atomic E-state index is -3.37. The molecule has 0 unspecified atom stereocenters. The van der Waals surface area contributed by atoms with Crippen LogP contribution in [0.1, 0.15) is 17.5 Å². The lowest BCUT2D eigenvalue weighted by atomic mass is 10.0. The molecule has 19 heavy (non-hydrogen) atoms. The monoisotopic (exact) mass is 288 g/mol. The van der Waals surface area contributed by atoms with E-state index >= 15 is 0 Å². The first-order chi connectivity index (χ1) is 8.89. The van der Waals surface area contributed by atoms with Crippen molar-refractivity contribution in [1.29, 1.82) is 0 Å². The van der Waals surface area contributed by atoms with Gasteiger partial charge in [0, 0.05) is 5.56 Å². The highest BCUT2D eigenvalue weighted by molar-refractivity contribution is 7.85. The van der Waals surface area contributed by atoms with Gasteiger partial charge in [-0.25, -0.2) is 0 Å². The van der Waals surface area contributed by atoms with Crippen molar-refractivity contribution >= 4 is 10.1 Å². The molecule has 6 heteroatoms. The van der Waals surface area contributed by atoms with Crippen LogP contribution in [-0.2, 0) is 20.7 Å². The fraction of sp³-hybridized carbons (Fsp3) is 0.538. The minimum Gasteiger partial charge on any atom is -0.496 e. The zero-order valence-corrected chi connectivity index (χ0v) is 12.5. The van der Waals surface area contributed by atoms with Gasteiger partial charge in [-0.1, -0.05) is 0 Å². The molecule has 0 fully saturated rings. The fourth-order valence-electron chi connectivity index (χ4n) is 1.89. The second kappa shape index (κ2) is 6.77. The van der Waals surface area contributed by atoms with E-state index in [1.165, 1.54) is 0 Å². The lowest BCUT2D eigenvalue weighted by Crippen LogP contribution is -2.06. The topological polar surface area (TPSA) is 61.8 Å². The summed E-state index contributed by atoms with van der Waals surface area (Å²) in [6.07, 6.45) is 2.31. The average Bonchev–Trinajstić information content (AvgIpc) is 2.34. The predicted octanol–water partition coefficient (Wildman–Crippen LogP) is 1.92. The van der Waals surface area contributed by atoms with Crippen molar-refractivity contribution in [1.82, 2.24) is 0 Å². The Hall–Kier alpha value is -1.27. The summed E-state index contributed by atoms with van der Waals surface area (Å²) in [5, 5.41) is 0. The van der Waals surface area contributed by atoms with Crippen LogP contribution in [0.2, 0.25) is 0 Å². The molecule has 0 saturated heterocycles. The molecule has 1 rings (SSSR count). The van der Waals surface area contributed by atoms with Crippen LogP contribution in [-0.4, -0.2) is 35.5 Å². The summed E-state index contributed by atoms with van der Waals surface area (Å²) in [6, 6.07) is 3.70. The van der Waals surface area contributed by atoms with Crippen LogP contribution in [0.4, 0.5) is 0 Å². The van der Waals surface area contributed by atoms with Gasteiger partial charge in [-0.05, 0) is 37.5 Å². The molecule has 0 aliphatic rings. The van der Waals surface area contributed by atoms with Crippen LogP contribution in [0.3, 0.4) is 0 Å². The Morgan fingerprint density at radius 3 is 2.21 bits per heavy atom. The number of rotatable bonds is 7. The van der Waals surface area contributed by atoms with E-state index in [4.69, 9.17) is 13.7 Å². The Kier molecular flexibility index (Phi) is 5.62. The number of ether oxygens (including phenoxy) is 2. The minimum absolute atomic E-state index is 0.165. The first-order valence-electron chi connectivity index (χ1n) is 5.94. The van der Waals surface area contributed by atoms with Gasteiger partial charge in [-0.3, -0.25) is 4.18 Å². The number of hydrogen-bond donors (Lipinski definition) is 0. The Bertz CT molecular complexity index is 522. The van der Waals surface area contributed by atoms with Gasteiger partial charge in [0.15, 0.2) is 0 Å². The molecule has 0 heterocycles. The Balaban J connectivity index is 2.76. The highest BCUT2D eigenvalue weighted by Crippen LogP contribution is 2.30. The molecule has 0 amide bonds. The van der Waals surface area contributed by atoms with E-state index in [1.807, 2.05) is 19.1 Å². The molecule has 0 bridgehead atoms. The Labute approximate surface area is 114 Å². The van der Waals surface area contributed by atoms with Gasteiger partial charge in [0.25, 0.3) is 10.1 Å². The molecule has 108 valence electrons. The zero-order valence-electron chi connectivity index (χ0n) is 11.7. The van der Waals surface area contributed by atoms with E-state index in [-0.39, 0.29) is 6.61 Å². The van der Waals surface area contributed by atoms with Gasteiger partial charge in [0.05, 0.1) is 27.1 Å². The third kappa shape index (κ3) is 4.72. The van der Waals surface area contributed by atoms with E-state index < -0.39 is 10.1 Å². The maximum Gasteiger partial charge on any atom is 0.264 e. The van der Waals surface area contributed by atoms with Gasteiger partial charge in [0.2, 0.25) is 0 Å². The molecule has 1 aromatic rings. The van der Waals surface area contributed by atoms with E-state index in [0.29, 0.717) is 12.8 Å². The first kappa shape index (κ1) is 15.8. The maximum absolute atomic E-state index is 10.9. The van der Waals surface area contributed by atoms with Crippen molar-refractivity contribution < 1.29 is 22.1 Å². The Morgan fingerprint density at radius 1 is 1.11 bits per heavy atom. The molecule has 0 atom stereocenters. The summed E-state index contributed by atoms with van der Waals surface area (Å²) in [7, 11) is -0.148. The van der Waals surface area contributed by atoms with E-state index in [1.54, 1.807) is 14.2 Å². The molecule has 0 radical (unpaired) electrons. The Morgan fingerprint density at radius 2 is 1.68 bits per heavy atom.